The van der Waals surface area contributed by atoms with Gasteiger partial charge in [0.15, 0.2) is 0 Å². The first-order valence-electron chi connectivity index (χ1n) is 5.75. The molecule has 0 aromatic heterocycles. The lowest BCUT2D eigenvalue weighted by Crippen LogP contribution is -2.43. The third kappa shape index (κ3) is 7.21. The second-order valence-corrected chi connectivity index (χ2v) is 3.63. The third-order valence-electron chi connectivity index (χ3n) is 2.29. The van der Waals surface area contributed by atoms with Crippen LogP contribution in [0.15, 0.2) is 0 Å². The number of esters is 2. The SMILES string of the molecule is CCOC(CN)CN(CC(=O)OC)CC(=O)OC. The fourth-order valence-electron chi connectivity index (χ4n) is 1.40. The molecule has 0 heterocycles. The van der Waals surface area contributed by atoms with E-state index in [1.807, 2.05) is 6.92 Å². The second-order valence-electron chi connectivity index (χ2n) is 3.63. The molecule has 0 saturated heterocycles. The normalized spacial score (nSPS) is 12.3. The molecule has 18 heavy (non-hydrogen) atoms. The van der Waals surface area contributed by atoms with Gasteiger partial charge in [-0.25, -0.2) is 0 Å². The summed E-state index contributed by atoms with van der Waals surface area (Å²) in [6, 6.07) is 0. The number of nitrogens with two attached hydrogens (primary N) is 1. The quantitative estimate of drug-likeness (QED) is 0.533. The van der Waals surface area contributed by atoms with Crippen molar-refractivity contribution in [3.63, 3.8) is 0 Å². The van der Waals surface area contributed by atoms with Gasteiger partial charge in [-0.2, -0.15) is 0 Å². The highest BCUT2D eigenvalue weighted by Crippen LogP contribution is 1.98. The summed E-state index contributed by atoms with van der Waals surface area (Å²) in [5, 5.41) is 0. The Hall–Kier alpha value is -1.18. The van der Waals surface area contributed by atoms with Crippen LogP contribution in [0.4, 0.5) is 0 Å². The minimum absolute atomic E-state index is 0.00479. The second kappa shape index (κ2) is 9.81. The summed E-state index contributed by atoms with van der Waals surface area (Å²) >= 11 is 0. The molecule has 2 N–H and O–H groups in total. The van der Waals surface area contributed by atoms with E-state index < -0.39 is 11.9 Å². The molecule has 0 bridgehead atoms. The largest absolute Gasteiger partial charge is 0.468 e. The summed E-state index contributed by atoms with van der Waals surface area (Å²) < 4.78 is 14.5. The molecule has 7 heteroatoms. The summed E-state index contributed by atoms with van der Waals surface area (Å²) in [5.41, 5.74) is 5.55. The monoisotopic (exact) mass is 262 g/mol. The number of rotatable bonds is 9. The zero-order chi connectivity index (χ0) is 14.0. The van der Waals surface area contributed by atoms with Crippen LogP contribution in [0.5, 0.6) is 0 Å². The Morgan fingerprint density at radius 3 is 2.00 bits per heavy atom. The van der Waals surface area contributed by atoms with Crippen LogP contribution < -0.4 is 5.73 Å². The summed E-state index contributed by atoms with van der Waals surface area (Å²) in [7, 11) is 2.59. The van der Waals surface area contributed by atoms with Crippen LogP contribution in [0.25, 0.3) is 0 Å². The van der Waals surface area contributed by atoms with Gasteiger partial charge in [0.1, 0.15) is 0 Å². The van der Waals surface area contributed by atoms with Crippen LogP contribution in [-0.4, -0.2) is 69.9 Å². The van der Waals surface area contributed by atoms with Crippen LogP contribution >= 0.6 is 0 Å². The van der Waals surface area contributed by atoms with Crippen molar-refractivity contribution in [2.24, 2.45) is 5.73 Å². The lowest BCUT2D eigenvalue weighted by molar-refractivity contribution is -0.146. The third-order valence-corrected chi connectivity index (χ3v) is 2.29. The van der Waals surface area contributed by atoms with Crippen molar-refractivity contribution in [1.82, 2.24) is 4.90 Å². The lowest BCUT2D eigenvalue weighted by Gasteiger charge is -2.24. The van der Waals surface area contributed by atoms with Gasteiger partial charge in [-0.05, 0) is 6.92 Å². The number of hydrogen-bond donors (Lipinski definition) is 1. The van der Waals surface area contributed by atoms with E-state index in [0.29, 0.717) is 19.7 Å². The molecule has 0 radical (unpaired) electrons. The predicted molar refractivity (Wildman–Crippen MR) is 64.9 cm³/mol. The molecular weight excluding hydrogens is 240 g/mol. The van der Waals surface area contributed by atoms with Crippen molar-refractivity contribution in [2.75, 3.05) is 47.0 Å². The van der Waals surface area contributed by atoms with E-state index in [9.17, 15) is 9.59 Å². The average Bonchev–Trinajstić information content (AvgIpc) is 2.37. The van der Waals surface area contributed by atoms with Gasteiger partial charge in [-0.3, -0.25) is 14.5 Å². The fourth-order valence-corrected chi connectivity index (χ4v) is 1.40. The van der Waals surface area contributed by atoms with Crippen molar-refractivity contribution in [2.45, 2.75) is 13.0 Å². The van der Waals surface area contributed by atoms with E-state index >= 15 is 0 Å². The zero-order valence-corrected chi connectivity index (χ0v) is 11.2. The van der Waals surface area contributed by atoms with Crippen molar-refractivity contribution in [1.29, 1.82) is 0 Å². The highest BCUT2D eigenvalue weighted by molar-refractivity contribution is 5.74. The van der Waals surface area contributed by atoms with E-state index in [0.717, 1.165) is 0 Å². The molecule has 0 aromatic carbocycles. The van der Waals surface area contributed by atoms with Crippen LogP contribution in [-0.2, 0) is 23.8 Å². The number of carbonyl (C=O) groups is 2. The molecular formula is C11H22N2O5. The Morgan fingerprint density at radius 1 is 1.17 bits per heavy atom. The maximum absolute atomic E-state index is 11.2. The van der Waals surface area contributed by atoms with Gasteiger partial charge in [0.05, 0.1) is 33.4 Å². The zero-order valence-electron chi connectivity index (χ0n) is 11.2. The number of carbonyl (C=O) groups excluding carboxylic acids is 2. The maximum Gasteiger partial charge on any atom is 0.319 e. The Morgan fingerprint density at radius 2 is 1.67 bits per heavy atom. The van der Waals surface area contributed by atoms with Crippen LogP contribution in [0, 0.1) is 0 Å². The molecule has 106 valence electrons. The molecule has 1 unspecified atom stereocenters. The topological polar surface area (TPSA) is 91.1 Å². The molecule has 0 amide bonds. The van der Waals surface area contributed by atoms with Gasteiger partial charge in [0.25, 0.3) is 0 Å². The van der Waals surface area contributed by atoms with Gasteiger partial charge >= 0.3 is 11.9 Å². The first-order chi connectivity index (χ1) is 8.57. The Labute approximate surface area is 107 Å². The Balaban J connectivity index is 4.43. The summed E-state index contributed by atoms with van der Waals surface area (Å²) in [6.07, 6.45) is -0.232. The summed E-state index contributed by atoms with van der Waals surface area (Å²) in [4.78, 5) is 24.1. The smallest absolute Gasteiger partial charge is 0.319 e. The molecule has 0 fully saturated rings. The predicted octanol–water partition coefficient (Wildman–Crippen LogP) is -1.00. The standard InChI is InChI=1S/C11H22N2O5/c1-4-18-9(5-12)6-13(7-10(14)16-2)8-11(15)17-3/h9H,4-8,12H2,1-3H3. The van der Waals surface area contributed by atoms with Gasteiger partial charge in [0.2, 0.25) is 0 Å². The van der Waals surface area contributed by atoms with Gasteiger partial charge in [-0.15, -0.1) is 0 Å². The van der Waals surface area contributed by atoms with Crippen molar-refractivity contribution in [3.05, 3.63) is 0 Å². The van der Waals surface area contributed by atoms with Crippen molar-refractivity contribution >= 4 is 11.9 Å². The summed E-state index contributed by atoms with van der Waals surface area (Å²) in [6.45, 7) is 3.05. The molecule has 0 aromatic rings. The van der Waals surface area contributed by atoms with Crippen molar-refractivity contribution in [3.8, 4) is 0 Å². The van der Waals surface area contributed by atoms with Gasteiger partial charge in [-0.1, -0.05) is 0 Å². The first-order valence-corrected chi connectivity index (χ1v) is 5.75. The lowest BCUT2D eigenvalue weighted by atomic mass is 10.3. The van der Waals surface area contributed by atoms with Crippen LogP contribution in [0.1, 0.15) is 6.92 Å². The molecule has 0 rings (SSSR count). The molecule has 0 aliphatic heterocycles. The average molecular weight is 262 g/mol. The maximum atomic E-state index is 11.2. The molecule has 0 aliphatic rings. The van der Waals surface area contributed by atoms with Gasteiger partial charge < -0.3 is 19.9 Å². The molecule has 7 nitrogen and oxygen atoms in total. The van der Waals surface area contributed by atoms with E-state index in [-0.39, 0.29) is 19.2 Å². The van der Waals surface area contributed by atoms with E-state index in [4.69, 9.17) is 10.5 Å². The minimum Gasteiger partial charge on any atom is -0.468 e. The van der Waals surface area contributed by atoms with Crippen LogP contribution in [0.3, 0.4) is 0 Å². The van der Waals surface area contributed by atoms with E-state index in [2.05, 4.69) is 9.47 Å². The number of methoxy groups -OCH3 is 2. The minimum atomic E-state index is -0.425. The number of nitrogens with zero attached hydrogens (tertiary/aromatic N) is 1. The molecule has 0 spiro atoms. The number of ether oxygens (including phenoxy) is 3. The highest BCUT2D eigenvalue weighted by Gasteiger charge is 2.19. The van der Waals surface area contributed by atoms with E-state index in [1.165, 1.54) is 14.2 Å². The van der Waals surface area contributed by atoms with Gasteiger partial charge in [0, 0.05) is 19.7 Å². The molecule has 1 atom stereocenters. The Kier molecular flexibility index (Phi) is 9.17. The highest BCUT2D eigenvalue weighted by atomic mass is 16.5. The number of hydrogen-bond acceptors (Lipinski definition) is 7. The van der Waals surface area contributed by atoms with E-state index in [1.54, 1.807) is 4.90 Å². The molecule has 0 saturated carbocycles. The first kappa shape index (κ1) is 16.8. The summed E-state index contributed by atoms with van der Waals surface area (Å²) in [5.74, 6) is -0.850. The van der Waals surface area contributed by atoms with Crippen LogP contribution in [0.2, 0.25) is 0 Å². The fraction of sp³-hybridized carbons (Fsp3) is 0.818. The molecule has 0 aliphatic carbocycles. The Bertz CT molecular complexity index is 242. The van der Waals surface area contributed by atoms with Crippen molar-refractivity contribution < 1.29 is 23.8 Å².